The van der Waals surface area contributed by atoms with Crippen LogP contribution in [0.3, 0.4) is 0 Å². The van der Waals surface area contributed by atoms with Crippen LogP contribution in [0.25, 0.3) is 0 Å². The monoisotopic (exact) mass is 225 g/mol. The lowest BCUT2D eigenvalue weighted by Gasteiger charge is -2.18. The van der Waals surface area contributed by atoms with Crippen molar-refractivity contribution in [1.29, 1.82) is 0 Å². The first-order valence-electron chi connectivity index (χ1n) is 3.34. The van der Waals surface area contributed by atoms with E-state index < -0.39 is 6.29 Å². The standard InChI is InChI=1S/C7H11Cl2O2Si/c1-10-7(11-2)5(3-4-8)6(9)12/h3,6-7H,4H2,1-2H3. The summed E-state index contributed by atoms with van der Waals surface area (Å²) in [4.78, 5) is 0. The quantitative estimate of drug-likeness (QED) is 0.306. The first-order chi connectivity index (χ1) is 5.67. The van der Waals surface area contributed by atoms with E-state index in [0.717, 1.165) is 5.57 Å². The molecule has 69 valence electrons. The molecule has 5 heteroatoms. The van der Waals surface area contributed by atoms with Gasteiger partial charge in [-0.25, -0.2) is 0 Å². The predicted octanol–water partition coefficient (Wildman–Crippen LogP) is 1.50. The van der Waals surface area contributed by atoms with Crippen molar-refractivity contribution in [3.63, 3.8) is 0 Å². The average molecular weight is 226 g/mol. The molecule has 0 amide bonds. The van der Waals surface area contributed by atoms with E-state index in [0.29, 0.717) is 5.88 Å². The van der Waals surface area contributed by atoms with Crippen LogP contribution in [0.1, 0.15) is 0 Å². The number of ether oxygens (including phenoxy) is 2. The van der Waals surface area contributed by atoms with Crippen LogP contribution in [0, 0.1) is 0 Å². The summed E-state index contributed by atoms with van der Waals surface area (Å²) >= 11 is 11.3. The molecule has 0 aliphatic rings. The number of halogens is 2. The zero-order chi connectivity index (χ0) is 9.56. The fraction of sp³-hybridized carbons (Fsp3) is 0.714. The summed E-state index contributed by atoms with van der Waals surface area (Å²) < 4.78 is 10.0. The van der Waals surface area contributed by atoms with Crippen LogP contribution < -0.4 is 0 Å². The van der Waals surface area contributed by atoms with Crippen molar-refractivity contribution in [2.45, 2.75) is 11.3 Å². The minimum Gasteiger partial charge on any atom is -0.352 e. The van der Waals surface area contributed by atoms with E-state index in [9.17, 15) is 0 Å². The summed E-state index contributed by atoms with van der Waals surface area (Å²) in [6, 6.07) is 0. The largest absolute Gasteiger partial charge is 0.352 e. The van der Waals surface area contributed by atoms with Gasteiger partial charge < -0.3 is 9.47 Å². The van der Waals surface area contributed by atoms with Gasteiger partial charge in [0.15, 0.2) is 6.29 Å². The van der Waals surface area contributed by atoms with Crippen LogP contribution in [0.2, 0.25) is 0 Å². The Morgan fingerprint density at radius 2 is 2.00 bits per heavy atom. The Labute approximate surface area is 86.2 Å². The lowest BCUT2D eigenvalue weighted by molar-refractivity contribution is -0.0751. The van der Waals surface area contributed by atoms with E-state index in [1.165, 1.54) is 0 Å². The van der Waals surface area contributed by atoms with Gasteiger partial charge in [-0.15, -0.1) is 23.2 Å². The van der Waals surface area contributed by atoms with E-state index in [2.05, 4.69) is 10.2 Å². The van der Waals surface area contributed by atoms with Gasteiger partial charge >= 0.3 is 0 Å². The second kappa shape index (κ2) is 6.92. The summed E-state index contributed by atoms with van der Waals surface area (Å²) in [5.41, 5.74) is 0.772. The van der Waals surface area contributed by atoms with Gasteiger partial charge in [-0.2, -0.15) is 0 Å². The molecule has 0 heterocycles. The molecule has 0 spiro atoms. The highest BCUT2D eigenvalue weighted by Crippen LogP contribution is 2.14. The number of hydrogen-bond donors (Lipinski definition) is 0. The van der Waals surface area contributed by atoms with Gasteiger partial charge in [-0.1, -0.05) is 6.08 Å². The Kier molecular flexibility index (Phi) is 7.18. The van der Waals surface area contributed by atoms with Crippen LogP contribution in [-0.2, 0) is 9.47 Å². The Morgan fingerprint density at radius 3 is 2.25 bits per heavy atom. The average Bonchev–Trinajstić information content (AvgIpc) is 2.05. The molecule has 0 N–H and O–H groups in total. The van der Waals surface area contributed by atoms with Crippen LogP contribution in [0.5, 0.6) is 0 Å². The molecule has 0 aliphatic heterocycles. The summed E-state index contributed by atoms with van der Waals surface area (Å²) in [5, 5.41) is -0.325. The van der Waals surface area contributed by atoms with Crippen LogP contribution >= 0.6 is 23.2 Å². The van der Waals surface area contributed by atoms with Gasteiger partial charge in [0, 0.05) is 25.1 Å². The molecule has 1 atom stereocenters. The first-order valence-corrected chi connectivity index (χ1v) is 4.88. The molecule has 0 aromatic heterocycles. The molecule has 12 heavy (non-hydrogen) atoms. The van der Waals surface area contributed by atoms with Crippen LogP contribution in [-0.4, -0.2) is 41.6 Å². The van der Waals surface area contributed by atoms with Gasteiger partial charge in [-0.3, -0.25) is 0 Å². The molecule has 0 aliphatic carbocycles. The molecular formula is C7H11Cl2O2Si. The highest BCUT2D eigenvalue weighted by Gasteiger charge is 2.16. The molecule has 0 aromatic rings. The molecule has 0 saturated carbocycles. The van der Waals surface area contributed by atoms with Crippen molar-refractivity contribution < 1.29 is 9.47 Å². The SMILES string of the molecule is COC(OC)C(=CCCl)C([Si])Cl. The van der Waals surface area contributed by atoms with Crippen molar-refractivity contribution in [2.24, 2.45) is 0 Å². The minimum atomic E-state index is -0.441. The maximum atomic E-state index is 5.80. The Bertz CT molecular complexity index is 146. The number of allylic oxidation sites excluding steroid dienone is 1. The lowest BCUT2D eigenvalue weighted by Crippen LogP contribution is -2.23. The van der Waals surface area contributed by atoms with E-state index in [1.54, 1.807) is 20.3 Å². The van der Waals surface area contributed by atoms with Crippen molar-refractivity contribution in [3.8, 4) is 0 Å². The normalized spacial score (nSPS) is 15.3. The molecule has 0 fully saturated rings. The summed E-state index contributed by atoms with van der Waals surface area (Å²) in [6.07, 6.45) is 1.31. The minimum absolute atomic E-state index is 0.325. The highest BCUT2D eigenvalue weighted by atomic mass is 35.5. The fourth-order valence-electron chi connectivity index (χ4n) is 0.777. The number of hydrogen-bond acceptors (Lipinski definition) is 2. The molecule has 3 radical (unpaired) electrons. The third-order valence-electron chi connectivity index (χ3n) is 1.31. The molecule has 0 saturated heterocycles. The van der Waals surface area contributed by atoms with E-state index in [4.69, 9.17) is 32.7 Å². The molecule has 1 unspecified atom stereocenters. The second-order valence-electron chi connectivity index (χ2n) is 2.02. The summed E-state index contributed by atoms with van der Waals surface area (Å²) in [6.45, 7) is 0. The zero-order valence-electron chi connectivity index (χ0n) is 7.01. The molecule has 2 nitrogen and oxygen atoms in total. The number of rotatable bonds is 5. The smallest absolute Gasteiger partial charge is 0.180 e. The molecular weight excluding hydrogens is 215 g/mol. The van der Waals surface area contributed by atoms with Crippen LogP contribution in [0.15, 0.2) is 11.6 Å². The van der Waals surface area contributed by atoms with Crippen molar-refractivity contribution in [2.75, 3.05) is 20.1 Å². The molecule has 0 bridgehead atoms. The van der Waals surface area contributed by atoms with Crippen molar-refractivity contribution in [3.05, 3.63) is 11.6 Å². The third kappa shape index (κ3) is 3.91. The summed E-state index contributed by atoms with van der Waals surface area (Å²) in [7, 11) is 6.34. The Hall–Kier alpha value is 0.457. The first kappa shape index (κ1) is 12.5. The summed E-state index contributed by atoms with van der Waals surface area (Å²) in [5.74, 6) is 0.381. The van der Waals surface area contributed by atoms with Gasteiger partial charge in [0.1, 0.15) is 0 Å². The highest BCUT2D eigenvalue weighted by molar-refractivity contribution is 6.42. The lowest BCUT2D eigenvalue weighted by atomic mass is 10.3. The molecule has 0 aromatic carbocycles. The van der Waals surface area contributed by atoms with E-state index >= 15 is 0 Å². The predicted molar refractivity (Wildman–Crippen MR) is 52.0 cm³/mol. The Balaban J connectivity index is 4.37. The maximum Gasteiger partial charge on any atom is 0.180 e. The van der Waals surface area contributed by atoms with Crippen molar-refractivity contribution in [1.82, 2.24) is 0 Å². The Morgan fingerprint density at radius 1 is 1.50 bits per heavy atom. The van der Waals surface area contributed by atoms with E-state index in [1.807, 2.05) is 0 Å². The van der Waals surface area contributed by atoms with Crippen molar-refractivity contribution >= 4 is 33.4 Å². The molecule has 0 rings (SSSR count). The third-order valence-corrected chi connectivity index (χ3v) is 2.05. The number of alkyl halides is 2. The van der Waals surface area contributed by atoms with Gasteiger partial charge in [0.05, 0.1) is 10.2 Å². The number of methoxy groups -OCH3 is 2. The van der Waals surface area contributed by atoms with Gasteiger partial charge in [0.25, 0.3) is 0 Å². The van der Waals surface area contributed by atoms with Gasteiger partial charge in [-0.05, 0) is 5.57 Å². The topological polar surface area (TPSA) is 18.5 Å². The fourth-order valence-corrected chi connectivity index (χ4v) is 1.40. The zero-order valence-corrected chi connectivity index (χ0v) is 9.52. The second-order valence-corrected chi connectivity index (χ2v) is 3.71. The maximum absolute atomic E-state index is 5.80. The van der Waals surface area contributed by atoms with E-state index in [-0.39, 0.29) is 5.00 Å². The van der Waals surface area contributed by atoms with Gasteiger partial charge in [0.2, 0.25) is 0 Å². The van der Waals surface area contributed by atoms with Crippen LogP contribution in [0.4, 0.5) is 0 Å².